The van der Waals surface area contributed by atoms with Crippen molar-refractivity contribution in [1.82, 2.24) is 0 Å². The predicted molar refractivity (Wildman–Crippen MR) is 57.2 cm³/mol. The number of hydrogen-bond acceptors (Lipinski definition) is 3. The molecule has 0 aliphatic rings. The summed E-state index contributed by atoms with van der Waals surface area (Å²) in [6.07, 6.45) is 6.80. The van der Waals surface area contributed by atoms with Crippen molar-refractivity contribution < 1.29 is 68.7 Å². The Hall–Kier alpha value is 1.48. The summed E-state index contributed by atoms with van der Waals surface area (Å²) in [6.45, 7) is 2.13. The fourth-order valence-corrected chi connectivity index (χ4v) is 1.86. The van der Waals surface area contributed by atoms with E-state index in [9.17, 15) is 17.4 Å². The standard InChI is InChI=1S/C10H21FO3S.K/c1-2-3-4-5-6-7-8-9-10(11)15(12,13)14;/h10H,2-9H2,1H3,(H,12,13,14);/q;+1/p-1. The summed E-state index contributed by atoms with van der Waals surface area (Å²) in [4.78, 5) is 0. The molecular weight excluding hydrogens is 258 g/mol. The molecule has 0 aromatic heterocycles. The minimum absolute atomic E-state index is 0. The summed E-state index contributed by atoms with van der Waals surface area (Å²) >= 11 is 0. The molecule has 92 valence electrons. The van der Waals surface area contributed by atoms with E-state index in [1.165, 1.54) is 19.3 Å². The van der Waals surface area contributed by atoms with Gasteiger partial charge in [0.25, 0.3) is 0 Å². The summed E-state index contributed by atoms with van der Waals surface area (Å²) < 4.78 is 43.3. The van der Waals surface area contributed by atoms with Gasteiger partial charge in [0.05, 0.1) is 0 Å². The third-order valence-electron chi connectivity index (χ3n) is 2.35. The Bertz CT molecular complexity index is 244. The van der Waals surface area contributed by atoms with Crippen LogP contribution in [-0.2, 0) is 10.1 Å². The van der Waals surface area contributed by atoms with Crippen LogP contribution >= 0.6 is 0 Å². The summed E-state index contributed by atoms with van der Waals surface area (Å²) in [7, 11) is -4.72. The molecule has 3 nitrogen and oxygen atoms in total. The van der Waals surface area contributed by atoms with Gasteiger partial charge in [0.15, 0.2) is 5.50 Å². The molecule has 0 aromatic rings. The first-order valence-corrected chi connectivity index (χ1v) is 7.04. The van der Waals surface area contributed by atoms with E-state index in [2.05, 4.69) is 6.92 Å². The molecule has 0 saturated heterocycles. The van der Waals surface area contributed by atoms with Crippen molar-refractivity contribution in [2.75, 3.05) is 0 Å². The van der Waals surface area contributed by atoms with Gasteiger partial charge in [-0.15, -0.1) is 0 Å². The van der Waals surface area contributed by atoms with Crippen LogP contribution in [0.25, 0.3) is 0 Å². The molecule has 0 rings (SSSR count). The molecule has 0 aliphatic carbocycles. The molecule has 0 saturated carbocycles. The Morgan fingerprint density at radius 3 is 1.94 bits per heavy atom. The van der Waals surface area contributed by atoms with Gasteiger partial charge in [-0.05, 0) is 12.8 Å². The summed E-state index contributed by atoms with van der Waals surface area (Å²) in [5, 5.41) is 0. The van der Waals surface area contributed by atoms with Gasteiger partial charge < -0.3 is 4.55 Å². The SMILES string of the molecule is CCCCCCCCCC(F)S(=O)(=O)[O-].[K+]. The van der Waals surface area contributed by atoms with Crippen LogP contribution in [0.5, 0.6) is 0 Å². The van der Waals surface area contributed by atoms with E-state index >= 15 is 0 Å². The second-order valence-electron chi connectivity index (χ2n) is 3.81. The van der Waals surface area contributed by atoms with E-state index in [4.69, 9.17) is 0 Å². The first-order valence-electron chi connectivity index (χ1n) is 5.57. The number of unbranched alkanes of at least 4 members (excludes halogenated alkanes) is 6. The van der Waals surface area contributed by atoms with E-state index < -0.39 is 15.6 Å². The van der Waals surface area contributed by atoms with Gasteiger partial charge in [-0.2, -0.15) is 0 Å². The van der Waals surface area contributed by atoms with Gasteiger partial charge in [-0.1, -0.05) is 45.4 Å². The number of halogens is 1. The second kappa shape index (κ2) is 11.6. The van der Waals surface area contributed by atoms with Crippen LogP contribution in [0.2, 0.25) is 0 Å². The normalized spacial score (nSPS) is 13.2. The number of rotatable bonds is 9. The third-order valence-corrected chi connectivity index (χ3v) is 3.21. The van der Waals surface area contributed by atoms with Crippen LogP contribution in [0, 0.1) is 0 Å². The fourth-order valence-electron chi connectivity index (χ4n) is 1.41. The Balaban J connectivity index is 0. The largest absolute Gasteiger partial charge is 1.00 e. The molecular formula is C10H20FKO3S. The maximum Gasteiger partial charge on any atom is 1.00 e. The zero-order valence-electron chi connectivity index (χ0n) is 10.2. The molecule has 0 spiro atoms. The van der Waals surface area contributed by atoms with Crippen LogP contribution in [0.15, 0.2) is 0 Å². The van der Waals surface area contributed by atoms with Crippen LogP contribution in [-0.4, -0.2) is 18.5 Å². The van der Waals surface area contributed by atoms with Crippen molar-refractivity contribution in [2.24, 2.45) is 0 Å². The Morgan fingerprint density at radius 2 is 1.50 bits per heavy atom. The Labute approximate surface area is 141 Å². The predicted octanol–water partition coefficient (Wildman–Crippen LogP) is -0.0281. The van der Waals surface area contributed by atoms with E-state index in [1.807, 2.05) is 0 Å². The van der Waals surface area contributed by atoms with Gasteiger partial charge in [0.1, 0.15) is 10.1 Å². The molecule has 1 unspecified atom stereocenters. The molecule has 0 heterocycles. The zero-order chi connectivity index (χ0) is 11.7. The topological polar surface area (TPSA) is 57.2 Å². The van der Waals surface area contributed by atoms with Crippen molar-refractivity contribution in [3.8, 4) is 0 Å². The molecule has 1 atom stereocenters. The van der Waals surface area contributed by atoms with Crippen molar-refractivity contribution in [3.63, 3.8) is 0 Å². The fraction of sp³-hybridized carbons (Fsp3) is 1.00. The smallest absolute Gasteiger partial charge is 0.746 e. The van der Waals surface area contributed by atoms with E-state index in [0.717, 1.165) is 19.3 Å². The summed E-state index contributed by atoms with van der Waals surface area (Å²) in [6, 6.07) is 0. The third kappa shape index (κ3) is 11.9. The van der Waals surface area contributed by atoms with Crippen LogP contribution in [0.4, 0.5) is 4.39 Å². The second-order valence-corrected chi connectivity index (χ2v) is 5.31. The molecule has 0 fully saturated rings. The van der Waals surface area contributed by atoms with Crippen molar-refractivity contribution in [3.05, 3.63) is 0 Å². The molecule has 0 aliphatic heterocycles. The molecule has 0 bridgehead atoms. The average molecular weight is 278 g/mol. The summed E-state index contributed by atoms with van der Waals surface area (Å²) in [5.74, 6) is 0. The minimum Gasteiger partial charge on any atom is -0.746 e. The quantitative estimate of drug-likeness (QED) is 0.338. The van der Waals surface area contributed by atoms with Gasteiger partial charge in [-0.25, -0.2) is 12.8 Å². The van der Waals surface area contributed by atoms with E-state index in [1.54, 1.807) is 0 Å². The van der Waals surface area contributed by atoms with Crippen molar-refractivity contribution in [2.45, 2.75) is 63.8 Å². The molecule has 0 radical (unpaired) electrons. The molecule has 0 aromatic carbocycles. The first kappa shape index (κ1) is 19.8. The van der Waals surface area contributed by atoms with Gasteiger partial charge in [-0.3, -0.25) is 0 Å². The van der Waals surface area contributed by atoms with Crippen LogP contribution < -0.4 is 51.4 Å². The Kier molecular flexibility index (Phi) is 14.3. The van der Waals surface area contributed by atoms with Gasteiger partial charge >= 0.3 is 51.4 Å². The number of alkyl halides is 1. The molecule has 6 heteroatoms. The zero-order valence-corrected chi connectivity index (χ0v) is 14.2. The Morgan fingerprint density at radius 1 is 1.06 bits per heavy atom. The van der Waals surface area contributed by atoms with Crippen molar-refractivity contribution >= 4 is 10.1 Å². The van der Waals surface area contributed by atoms with Gasteiger partial charge in [0, 0.05) is 0 Å². The average Bonchev–Trinajstić information content (AvgIpc) is 2.14. The molecule has 0 N–H and O–H groups in total. The van der Waals surface area contributed by atoms with Crippen molar-refractivity contribution in [1.29, 1.82) is 0 Å². The van der Waals surface area contributed by atoms with E-state index in [0.29, 0.717) is 6.42 Å². The van der Waals surface area contributed by atoms with Crippen LogP contribution in [0.1, 0.15) is 58.3 Å². The minimum atomic E-state index is -4.72. The van der Waals surface area contributed by atoms with Crippen LogP contribution in [0.3, 0.4) is 0 Å². The monoisotopic (exact) mass is 278 g/mol. The molecule has 0 amide bonds. The van der Waals surface area contributed by atoms with Gasteiger partial charge in [0.2, 0.25) is 0 Å². The molecule has 16 heavy (non-hydrogen) atoms. The number of hydrogen-bond donors (Lipinski definition) is 0. The maximum atomic E-state index is 12.6. The summed E-state index contributed by atoms with van der Waals surface area (Å²) in [5.41, 5.74) is -2.21. The maximum absolute atomic E-state index is 12.6. The van der Waals surface area contributed by atoms with E-state index in [-0.39, 0.29) is 57.8 Å². The first-order chi connectivity index (χ1) is 6.98.